The summed E-state index contributed by atoms with van der Waals surface area (Å²) in [6.07, 6.45) is -4.18. The Bertz CT molecular complexity index is 770. The van der Waals surface area contributed by atoms with Crippen molar-refractivity contribution in [1.82, 2.24) is 14.9 Å². The molecule has 0 unspecified atom stereocenters. The van der Waals surface area contributed by atoms with Crippen molar-refractivity contribution in [1.29, 1.82) is 0 Å². The van der Waals surface area contributed by atoms with Crippen LogP contribution in [0.5, 0.6) is 0 Å². The molecule has 2 N–H and O–H groups in total. The van der Waals surface area contributed by atoms with E-state index in [1.165, 1.54) is 0 Å². The number of rotatable bonds is 7. The zero-order valence-electron chi connectivity index (χ0n) is 14.5. The van der Waals surface area contributed by atoms with Crippen molar-refractivity contribution < 1.29 is 26.3 Å². The number of hydrogen-bond acceptors (Lipinski definition) is 5. The molecule has 1 aromatic carbocycles. The summed E-state index contributed by atoms with van der Waals surface area (Å²) < 4.78 is 79.5. The summed E-state index contributed by atoms with van der Waals surface area (Å²) in [7, 11) is 3.68. The van der Waals surface area contributed by atoms with Crippen molar-refractivity contribution in [3.05, 3.63) is 41.3 Å². The SMILES string of the molecule is CN(C)CCCNc1nc(Nc2c(F)cc(F)cc2F)cc(C(F)(F)F)n1. The summed E-state index contributed by atoms with van der Waals surface area (Å²) in [5.74, 6) is -4.61. The molecule has 1 aromatic heterocycles. The van der Waals surface area contributed by atoms with E-state index in [-0.39, 0.29) is 12.5 Å². The Morgan fingerprint density at radius 2 is 1.63 bits per heavy atom. The smallest absolute Gasteiger partial charge is 0.354 e. The Kier molecular flexibility index (Phi) is 6.47. The monoisotopic (exact) mass is 393 g/mol. The second-order valence-corrected chi connectivity index (χ2v) is 5.91. The Morgan fingerprint density at radius 1 is 1.00 bits per heavy atom. The maximum absolute atomic E-state index is 13.7. The van der Waals surface area contributed by atoms with Crippen molar-refractivity contribution in [3.8, 4) is 0 Å². The molecule has 2 rings (SSSR count). The zero-order valence-corrected chi connectivity index (χ0v) is 14.5. The molecule has 148 valence electrons. The third kappa shape index (κ3) is 5.98. The average molecular weight is 393 g/mol. The maximum atomic E-state index is 13.7. The van der Waals surface area contributed by atoms with Crippen LogP contribution in [0.2, 0.25) is 0 Å². The Morgan fingerprint density at radius 3 is 2.19 bits per heavy atom. The normalized spacial score (nSPS) is 11.7. The van der Waals surface area contributed by atoms with E-state index in [2.05, 4.69) is 20.6 Å². The van der Waals surface area contributed by atoms with Gasteiger partial charge in [0.2, 0.25) is 5.95 Å². The van der Waals surface area contributed by atoms with E-state index in [0.717, 1.165) is 0 Å². The minimum Gasteiger partial charge on any atom is -0.354 e. The van der Waals surface area contributed by atoms with Gasteiger partial charge in [-0.3, -0.25) is 0 Å². The predicted octanol–water partition coefficient (Wildman–Crippen LogP) is 4.02. The number of aromatic nitrogens is 2. The van der Waals surface area contributed by atoms with E-state index in [1.807, 2.05) is 19.0 Å². The van der Waals surface area contributed by atoms with Crippen LogP contribution in [0.3, 0.4) is 0 Å². The number of nitrogens with one attached hydrogen (secondary N) is 2. The lowest BCUT2D eigenvalue weighted by Gasteiger charge is -2.14. The van der Waals surface area contributed by atoms with Gasteiger partial charge < -0.3 is 15.5 Å². The van der Waals surface area contributed by atoms with Gasteiger partial charge >= 0.3 is 6.18 Å². The lowest BCUT2D eigenvalue weighted by Crippen LogP contribution is -2.18. The van der Waals surface area contributed by atoms with Crippen LogP contribution in [0.1, 0.15) is 12.1 Å². The summed E-state index contributed by atoms with van der Waals surface area (Å²) in [4.78, 5) is 9.05. The van der Waals surface area contributed by atoms with Crippen molar-refractivity contribution in [3.63, 3.8) is 0 Å². The van der Waals surface area contributed by atoms with E-state index in [9.17, 15) is 26.3 Å². The molecule has 0 spiro atoms. The van der Waals surface area contributed by atoms with Crippen molar-refractivity contribution in [2.24, 2.45) is 0 Å². The molecule has 1 heterocycles. The highest BCUT2D eigenvalue weighted by Gasteiger charge is 2.34. The molecule has 0 saturated carbocycles. The fourth-order valence-corrected chi connectivity index (χ4v) is 2.12. The number of alkyl halides is 3. The highest BCUT2D eigenvalue weighted by molar-refractivity contribution is 5.59. The van der Waals surface area contributed by atoms with Gasteiger partial charge in [-0.15, -0.1) is 0 Å². The topological polar surface area (TPSA) is 53.1 Å². The van der Waals surface area contributed by atoms with E-state index in [4.69, 9.17) is 0 Å². The molecule has 5 nitrogen and oxygen atoms in total. The molecule has 0 saturated heterocycles. The van der Waals surface area contributed by atoms with Crippen molar-refractivity contribution in [2.75, 3.05) is 37.8 Å². The molecule has 0 atom stereocenters. The van der Waals surface area contributed by atoms with Gasteiger partial charge in [-0.25, -0.2) is 18.2 Å². The van der Waals surface area contributed by atoms with Gasteiger partial charge in [0.1, 0.15) is 17.3 Å². The van der Waals surface area contributed by atoms with Crippen LogP contribution >= 0.6 is 0 Å². The molecule has 27 heavy (non-hydrogen) atoms. The molecule has 0 amide bonds. The predicted molar refractivity (Wildman–Crippen MR) is 88.3 cm³/mol. The molecule has 0 aliphatic rings. The fourth-order valence-electron chi connectivity index (χ4n) is 2.12. The summed E-state index contributed by atoms with van der Waals surface area (Å²) in [5, 5.41) is 4.75. The first-order valence-corrected chi connectivity index (χ1v) is 7.82. The van der Waals surface area contributed by atoms with E-state index < -0.39 is 40.8 Å². The summed E-state index contributed by atoms with van der Waals surface area (Å²) in [5.41, 5.74) is -2.11. The Balaban J connectivity index is 2.28. The first-order valence-electron chi connectivity index (χ1n) is 7.82. The molecule has 0 fully saturated rings. The van der Waals surface area contributed by atoms with Gasteiger partial charge in [0, 0.05) is 24.7 Å². The largest absolute Gasteiger partial charge is 0.433 e. The fraction of sp³-hybridized carbons (Fsp3) is 0.375. The number of hydrogen-bond donors (Lipinski definition) is 2. The Labute approximate surface area is 151 Å². The number of anilines is 3. The third-order valence-electron chi connectivity index (χ3n) is 3.34. The van der Waals surface area contributed by atoms with Crippen LogP contribution < -0.4 is 10.6 Å². The van der Waals surface area contributed by atoms with Gasteiger partial charge in [0.25, 0.3) is 0 Å². The minimum absolute atomic E-state index is 0.290. The van der Waals surface area contributed by atoms with E-state index in [1.54, 1.807) is 0 Å². The van der Waals surface area contributed by atoms with Crippen LogP contribution in [0, 0.1) is 17.5 Å². The molecule has 11 heteroatoms. The van der Waals surface area contributed by atoms with Gasteiger partial charge in [-0.2, -0.15) is 18.2 Å². The number of halogens is 6. The van der Waals surface area contributed by atoms with E-state index >= 15 is 0 Å². The second kappa shape index (κ2) is 8.42. The van der Waals surface area contributed by atoms with Crippen LogP contribution in [0.4, 0.5) is 43.8 Å². The van der Waals surface area contributed by atoms with Crippen molar-refractivity contribution in [2.45, 2.75) is 12.6 Å². The van der Waals surface area contributed by atoms with Crippen molar-refractivity contribution >= 4 is 17.5 Å². The third-order valence-corrected chi connectivity index (χ3v) is 3.34. The number of nitrogens with zero attached hydrogens (tertiary/aromatic N) is 3. The molecule has 0 bridgehead atoms. The molecule has 0 aliphatic heterocycles. The van der Waals surface area contributed by atoms with Crippen LogP contribution in [0.25, 0.3) is 0 Å². The van der Waals surface area contributed by atoms with Gasteiger partial charge in [-0.05, 0) is 27.1 Å². The van der Waals surface area contributed by atoms with Crippen LogP contribution in [0.15, 0.2) is 18.2 Å². The summed E-state index contributed by atoms with van der Waals surface area (Å²) in [6.45, 7) is 0.973. The quantitative estimate of drug-likeness (QED) is 0.550. The second-order valence-electron chi connectivity index (χ2n) is 5.91. The summed E-state index contributed by atoms with van der Waals surface area (Å²) >= 11 is 0. The number of benzene rings is 1. The van der Waals surface area contributed by atoms with Crippen LogP contribution in [-0.4, -0.2) is 42.1 Å². The molecule has 2 aromatic rings. The van der Waals surface area contributed by atoms with E-state index in [0.29, 0.717) is 31.2 Å². The first kappa shape index (κ1) is 20.7. The lowest BCUT2D eigenvalue weighted by molar-refractivity contribution is -0.141. The highest BCUT2D eigenvalue weighted by atomic mass is 19.4. The molecular formula is C16H17F6N5. The standard InChI is InChI=1S/C16H17F6N5/c1-27(2)5-3-4-23-15-24-12(16(20,21)22)8-13(26-15)25-14-10(18)6-9(17)7-11(14)19/h6-8H,3-5H2,1-2H3,(H2,23,24,25,26). The Hall–Kier alpha value is -2.56. The maximum Gasteiger partial charge on any atom is 0.433 e. The molecule has 0 aliphatic carbocycles. The van der Waals surface area contributed by atoms with Gasteiger partial charge in [0.05, 0.1) is 0 Å². The zero-order chi connectivity index (χ0) is 20.2. The minimum atomic E-state index is -4.79. The lowest BCUT2D eigenvalue weighted by atomic mass is 10.2. The molecule has 0 radical (unpaired) electrons. The summed E-state index contributed by atoms with van der Waals surface area (Å²) in [6, 6.07) is 1.31. The highest BCUT2D eigenvalue weighted by Crippen LogP contribution is 2.31. The van der Waals surface area contributed by atoms with Gasteiger partial charge in [-0.1, -0.05) is 0 Å². The molecular weight excluding hydrogens is 376 g/mol. The van der Waals surface area contributed by atoms with Gasteiger partial charge in [0.15, 0.2) is 17.3 Å². The van der Waals surface area contributed by atoms with Crippen LogP contribution in [-0.2, 0) is 6.18 Å². The first-order chi connectivity index (χ1) is 12.6. The average Bonchev–Trinajstić information content (AvgIpc) is 2.54.